The maximum atomic E-state index is 13.0. The van der Waals surface area contributed by atoms with E-state index in [1.165, 1.54) is 218 Å². The third kappa shape index (κ3) is 53.5. The van der Waals surface area contributed by atoms with E-state index in [-0.39, 0.29) is 18.5 Å². The Kier molecular flexibility index (Phi) is 61.5. The summed E-state index contributed by atoms with van der Waals surface area (Å²) in [5.41, 5.74) is 0. The molecule has 1 amide bonds. The molecular formula is C77H137NO10. The molecule has 1 fully saturated rings. The van der Waals surface area contributed by atoms with Gasteiger partial charge in [0.25, 0.3) is 0 Å². The van der Waals surface area contributed by atoms with Crippen LogP contribution in [0.15, 0.2) is 85.1 Å². The highest BCUT2D eigenvalue weighted by Crippen LogP contribution is 2.23. The quantitative estimate of drug-likeness (QED) is 0.0195. The highest BCUT2D eigenvalue weighted by Gasteiger charge is 2.44. The van der Waals surface area contributed by atoms with Gasteiger partial charge < -0.3 is 45.1 Å². The topological polar surface area (TPSA) is 175 Å². The molecule has 11 heteroatoms. The maximum absolute atomic E-state index is 13.0. The fourth-order valence-electron chi connectivity index (χ4n) is 11.2. The van der Waals surface area contributed by atoms with Gasteiger partial charge in [-0.3, -0.25) is 9.59 Å². The van der Waals surface area contributed by atoms with E-state index in [4.69, 9.17) is 14.2 Å². The lowest BCUT2D eigenvalue weighted by atomic mass is 9.99. The van der Waals surface area contributed by atoms with Crippen LogP contribution in [-0.4, -0.2) is 100 Å². The van der Waals surface area contributed by atoms with Gasteiger partial charge in [0.15, 0.2) is 6.29 Å². The SMILES string of the molecule is CC/C=C/CC/C=C/CC/C=C/C(O)C(COC1OC(CO)C(O)C(O)C1O)NC(=O)CCCCCCCCCCCCCCCCCCC/C=C\C/C=C\CCCCCCCCCCCOC(=O)CCCCCCCCC/C=C\C/C=C\CCCCC. The fourth-order valence-corrected chi connectivity index (χ4v) is 11.2. The molecule has 1 rings (SSSR count). The van der Waals surface area contributed by atoms with Crippen molar-refractivity contribution in [1.82, 2.24) is 5.32 Å². The van der Waals surface area contributed by atoms with E-state index < -0.39 is 49.5 Å². The van der Waals surface area contributed by atoms with E-state index >= 15 is 0 Å². The van der Waals surface area contributed by atoms with Gasteiger partial charge in [-0.25, -0.2) is 0 Å². The second-order valence-corrected chi connectivity index (χ2v) is 25.2. The van der Waals surface area contributed by atoms with E-state index in [2.05, 4.69) is 92.1 Å². The van der Waals surface area contributed by atoms with Gasteiger partial charge >= 0.3 is 5.97 Å². The lowest BCUT2D eigenvalue weighted by Gasteiger charge is -2.40. The number of rotatable bonds is 64. The number of allylic oxidation sites excluding steroid dienone is 13. The number of hydrogen-bond donors (Lipinski definition) is 6. The summed E-state index contributed by atoms with van der Waals surface area (Å²) in [6.07, 6.45) is 80.4. The van der Waals surface area contributed by atoms with Crippen LogP contribution in [0, 0.1) is 0 Å². The van der Waals surface area contributed by atoms with E-state index in [9.17, 15) is 35.1 Å². The summed E-state index contributed by atoms with van der Waals surface area (Å²) >= 11 is 0. The van der Waals surface area contributed by atoms with Crippen LogP contribution >= 0.6 is 0 Å². The number of carbonyl (C=O) groups excluding carboxylic acids is 2. The minimum atomic E-state index is -1.58. The van der Waals surface area contributed by atoms with Crippen molar-refractivity contribution in [2.75, 3.05) is 19.8 Å². The summed E-state index contributed by atoms with van der Waals surface area (Å²) in [6.45, 7) is 4.19. The van der Waals surface area contributed by atoms with Gasteiger partial charge in [0, 0.05) is 12.8 Å². The molecule has 510 valence electrons. The van der Waals surface area contributed by atoms with Gasteiger partial charge in [0.1, 0.15) is 24.4 Å². The number of esters is 1. The smallest absolute Gasteiger partial charge is 0.305 e. The van der Waals surface area contributed by atoms with Crippen LogP contribution in [0.5, 0.6) is 0 Å². The molecule has 88 heavy (non-hydrogen) atoms. The number of carbonyl (C=O) groups is 2. The van der Waals surface area contributed by atoms with Crippen LogP contribution in [-0.2, 0) is 23.8 Å². The zero-order chi connectivity index (χ0) is 63.7. The number of unbranched alkanes of at least 4 members (excludes halogenated alkanes) is 38. The molecule has 7 atom stereocenters. The maximum Gasteiger partial charge on any atom is 0.305 e. The third-order valence-corrected chi connectivity index (χ3v) is 16.9. The molecule has 0 bridgehead atoms. The summed E-state index contributed by atoms with van der Waals surface area (Å²) in [6, 6.07) is -0.834. The Bertz CT molecular complexity index is 1740. The van der Waals surface area contributed by atoms with Crippen molar-refractivity contribution in [3.63, 3.8) is 0 Å². The Balaban J connectivity index is 1.91. The minimum absolute atomic E-state index is 0.00181. The zero-order valence-corrected chi connectivity index (χ0v) is 56.7. The average molecular weight is 1240 g/mol. The summed E-state index contributed by atoms with van der Waals surface area (Å²) in [4.78, 5) is 25.1. The molecule has 1 aliphatic heterocycles. The van der Waals surface area contributed by atoms with Crippen LogP contribution in [0.25, 0.3) is 0 Å². The molecule has 1 saturated heterocycles. The number of nitrogens with one attached hydrogen (secondary N) is 1. The monoisotopic (exact) mass is 1240 g/mol. The van der Waals surface area contributed by atoms with Crippen LogP contribution in [0.1, 0.15) is 328 Å². The van der Waals surface area contributed by atoms with E-state index in [1.54, 1.807) is 6.08 Å². The molecule has 11 nitrogen and oxygen atoms in total. The van der Waals surface area contributed by atoms with Gasteiger partial charge in [0.2, 0.25) is 5.91 Å². The van der Waals surface area contributed by atoms with E-state index in [0.29, 0.717) is 19.4 Å². The van der Waals surface area contributed by atoms with E-state index in [0.717, 1.165) is 83.5 Å². The summed E-state index contributed by atoms with van der Waals surface area (Å²) in [5, 5.41) is 54.3. The highest BCUT2D eigenvalue weighted by atomic mass is 16.7. The number of aliphatic hydroxyl groups is 5. The van der Waals surface area contributed by atoms with E-state index in [1.807, 2.05) is 6.08 Å². The predicted octanol–water partition coefficient (Wildman–Crippen LogP) is 19.2. The molecule has 1 aliphatic rings. The van der Waals surface area contributed by atoms with Crippen molar-refractivity contribution in [2.45, 2.75) is 371 Å². The fraction of sp³-hybridized carbons (Fsp3) is 0.792. The van der Waals surface area contributed by atoms with Gasteiger partial charge in [-0.1, -0.05) is 285 Å². The zero-order valence-electron chi connectivity index (χ0n) is 56.7. The van der Waals surface area contributed by atoms with Gasteiger partial charge in [-0.2, -0.15) is 0 Å². The lowest BCUT2D eigenvalue weighted by Crippen LogP contribution is -2.60. The van der Waals surface area contributed by atoms with Crippen molar-refractivity contribution in [3.8, 4) is 0 Å². The molecule has 7 unspecified atom stereocenters. The molecule has 0 saturated carbocycles. The van der Waals surface area contributed by atoms with Gasteiger partial charge in [0.05, 0.1) is 32.0 Å². The lowest BCUT2D eigenvalue weighted by molar-refractivity contribution is -0.302. The molecular weight excluding hydrogens is 1100 g/mol. The normalized spacial score (nSPS) is 18.3. The summed E-state index contributed by atoms with van der Waals surface area (Å²) in [7, 11) is 0. The Labute approximate surface area is 540 Å². The van der Waals surface area contributed by atoms with Gasteiger partial charge in [-0.15, -0.1) is 0 Å². The highest BCUT2D eigenvalue weighted by molar-refractivity contribution is 5.76. The molecule has 6 N–H and O–H groups in total. The van der Waals surface area contributed by atoms with Crippen molar-refractivity contribution >= 4 is 11.9 Å². The van der Waals surface area contributed by atoms with Crippen molar-refractivity contribution in [2.24, 2.45) is 0 Å². The molecule has 0 aromatic carbocycles. The number of ether oxygens (including phenoxy) is 3. The molecule has 0 radical (unpaired) electrons. The molecule has 0 spiro atoms. The Morgan fingerprint density at radius 1 is 0.432 bits per heavy atom. The standard InChI is InChI=1S/C77H137NO10/c1-3-5-7-9-11-13-15-16-17-35-39-42-45-49-53-57-61-65-73(82)86-66-62-58-54-50-46-43-40-37-34-32-30-28-26-24-22-20-18-19-21-23-25-27-29-31-33-36-38-41-44-48-52-56-60-64-72(81)78-69(68-87-77-76(85)75(84)74(83)71(67-79)88-77)70(80)63-59-55-51-47-14-12-10-8-6-4-2/h6,8,11,13-14,16-17,22,24,28,30,47,59,63,69-71,74-77,79-80,83-85H,3-5,7,9-10,12,15,18-21,23,25-27,29,31-46,48-58,60-62,64-68H2,1-2H3,(H,78,81)/b8-6+,13-11-,17-16-,24-22-,30-28-,47-14+,63-59+. The van der Waals surface area contributed by atoms with Crippen LogP contribution < -0.4 is 5.32 Å². The third-order valence-electron chi connectivity index (χ3n) is 16.9. The first-order valence-electron chi connectivity index (χ1n) is 36.9. The number of hydrogen-bond acceptors (Lipinski definition) is 10. The van der Waals surface area contributed by atoms with Crippen LogP contribution in [0.2, 0.25) is 0 Å². The second-order valence-electron chi connectivity index (χ2n) is 25.2. The van der Waals surface area contributed by atoms with Crippen LogP contribution in [0.4, 0.5) is 0 Å². The first-order valence-corrected chi connectivity index (χ1v) is 36.9. The summed E-state index contributed by atoms with van der Waals surface area (Å²) in [5.74, 6) is -0.199. The first kappa shape index (κ1) is 82.9. The average Bonchev–Trinajstić information content (AvgIpc) is 2.18. The van der Waals surface area contributed by atoms with Crippen molar-refractivity contribution in [1.29, 1.82) is 0 Å². The largest absolute Gasteiger partial charge is 0.466 e. The Morgan fingerprint density at radius 3 is 1.24 bits per heavy atom. The number of amides is 1. The van der Waals surface area contributed by atoms with Crippen molar-refractivity contribution in [3.05, 3.63) is 85.1 Å². The van der Waals surface area contributed by atoms with Gasteiger partial charge in [-0.05, 0) is 116 Å². The second kappa shape index (κ2) is 65.3. The minimum Gasteiger partial charge on any atom is -0.466 e. The Hall–Kier alpha value is -3.16. The molecule has 0 aromatic rings. The molecule has 0 aromatic heterocycles. The first-order chi connectivity index (χ1) is 43.2. The van der Waals surface area contributed by atoms with Crippen LogP contribution in [0.3, 0.4) is 0 Å². The number of aliphatic hydroxyl groups excluding tert-OH is 5. The predicted molar refractivity (Wildman–Crippen MR) is 370 cm³/mol. The molecule has 1 heterocycles. The summed E-state index contributed by atoms with van der Waals surface area (Å²) < 4.78 is 16.7. The van der Waals surface area contributed by atoms with Crippen molar-refractivity contribution < 1.29 is 49.3 Å². The Morgan fingerprint density at radius 2 is 0.807 bits per heavy atom. The molecule has 0 aliphatic carbocycles.